The molecule has 0 radical (unpaired) electrons. The lowest BCUT2D eigenvalue weighted by molar-refractivity contribution is 0.106. The summed E-state index contributed by atoms with van der Waals surface area (Å²) in [6, 6.07) is 10.7. The van der Waals surface area contributed by atoms with Gasteiger partial charge in [0.1, 0.15) is 18.5 Å². The number of aromatic nitrogens is 2. The summed E-state index contributed by atoms with van der Waals surface area (Å²) in [7, 11) is 0. The van der Waals surface area contributed by atoms with E-state index < -0.39 is 6.10 Å². The molecule has 1 heterocycles. The summed E-state index contributed by atoms with van der Waals surface area (Å²) in [5.41, 5.74) is 0.586. The van der Waals surface area contributed by atoms with E-state index >= 15 is 0 Å². The molecule has 1 aromatic carbocycles. The first kappa shape index (κ1) is 15.0. The average Bonchev–Trinajstić information content (AvgIpc) is 3.03. The molecule has 0 bridgehead atoms. The van der Waals surface area contributed by atoms with Crippen LogP contribution in [0.15, 0.2) is 42.7 Å². The van der Waals surface area contributed by atoms with Gasteiger partial charge in [0.2, 0.25) is 0 Å². The lowest BCUT2D eigenvalue weighted by Crippen LogP contribution is -2.33. The Morgan fingerprint density at radius 3 is 2.86 bits per heavy atom. The van der Waals surface area contributed by atoms with Gasteiger partial charge >= 0.3 is 0 Å². The Morgan fingerprint density at radius 2 is 2.19 bits per heavy atom. The first-order valence-electron chi connectivity index (χ1n) is 6.77. The fourth-order valence-corrected chi connectivity index (χ4v) is 1.77. The second kappa shape index (κ2) is 8.04. The molecule has 0 spiro atoms. The molecule has 1 aromatic heterocycles. The highest BCUT2D eigenvalue weighted by molar-refractivity contribution is 5.34. The summed E-state index contributed by atoms with van der Waals surface area (Å²) in [5, 5.41) is 25.7. The number of aliphatic hydroxyl groups excluding tert-OH is 1. The van der Waals surface area contributed by atoms with Gasteiger partial charge in [-0.15, -0.1) is 0 Å². The molecule has 0 unspecified atom stereocenters. The molecule has 0 saturated heterocycles. The molecule has 0 aliphatic rings. The molecule has 2 aromatic rings. The van der Waals surface area contributed by atoms with E-state index in [0.29, 0.717) is 17.9 Å². The van der Waals surface area contributed by atoms with Crippen LogP contribution in [0.25, 0.3) is 0 Å². The molecule has 6 heteroatoms. The van der Waals surface area contributed by atoms with E-state index in [4.69, 9.17) is 10.00 Å². The maximum atomic E-state index is 9.81. The van der Waals surface area contributed by atoms with Crippen molar-refractivity contribution < 1.29 is 9.84 Å². The average molecular weight is 286 g/mol. The van der Waals surface area contributed by atoms with Gasteiger partial charge in [-0.05, 0) is 30.3 Å². The Kier molecular flexibility index (Phi) is 5.76. The molecule has 1 atom stereocenters. The third-order valence-corrected chi connectivity index (χ3v) is 2.88. The minimum atomic E-state index is -0.585. The normalized spacial score (nSPS) is 11.8. The van der Waals surface area contributed by atoms with Crippen LogP contribution in [-0.2, 0) is 6.54 Å². The molecule has 6 nitrogen and oxygen atoms in total. The zero-order chi connectivity index (χ0) is 14.9. The number of benzene rings is 1. The highest BCUT2D eigenvalue weighted by atomic mass is 16.5. The van der Waals surface area contributed by atoms with E-state index in [9.17, 15) is 5.11 Å². The van der Waals surface area contributed by atoms with Crippen molar-refractivity contribution in [3.8, 4) is 11.8 Å². The zero-order valence-electron chi connectivity index (χ0n) is 11.6. The monoisotopic (exact) mass is 286 g/mol. The first-order chi connectivity index (χ1) is 10.3. The summed E-state index contributed by atoms with van der Waals surface area (Å²) in [6.07, 6.45) is 3.05. The minimum absolute atomic E-state index is 0.209. The predicted molar refractivity (Wildman–Crippen MR) is 77.8 cm³/mol. The quantitative estimate of drug-likeness (QED) is 0.701. The van der Waals surface area contributed by atoms with E-state index in [1.165, 1.54) is 0 Å². The number of rotatable bonds is 8. The van der Waals surface area contributed by atoms with E-state index in [-0.39, 0.29) is 6.61 Å². The molecule has 0 amide bonds. The molecular weight excluding hydrogens is 268 g/mol. The molecule has 0 saturated carbocycles. The fraction of sp³-hybridized carbons (Fsp3) is 0.333. The lowest BCUT2D eigenvalue weighted by Gasteiger charge is -2.13. The Morgan fingerprint density at radius 1 is 1.38 bits per heavy atom. The highest BCUT2D eigenvalue weighted by Crippen LogP contribution is 2.11. The predicted octanol–water partition coefficient (Wildman–Crippen LogP) is 0.784. The Hall–Kier alpha value is -2.36. The standard InChI is InChI=1S/C15H18N4O2/c16-10-13-2-4-15(5-3-13)21-12-14(20)11-17-7-9-19-8-1-6-18-19/h1-6,8,14,17,20H,7,9,11-12H2/t14-/m1/s1. The second-order valence-corrected chi connectivity index (χ2v) is 4.57. The summed E-state index contributed by atoms with van der Waals surface area (Å²) in [6.45, 7) is 2.16. The van der Waals surface area contributed by atoms with Gasteiger partial charge in [0.15, 0.2) is 0 Å². The summed E-state index contributed by atoms with van der Waals surface area (Å²) >= 11 is 0. The Balaban J connectivity index is 1.60. The molecule has 0 aliphatic heterocycles. The van der Waals surface area contributed by atoms with Crippen molar-refractivity contribution >= 4 is 0 Å². The molecule has 2 N–H and O–H groups in total. The number of hydrogen-bond donors (Lipinski definition) is 2. The smallest absolute Gasteiger partial charge is 0.119 e. The van der Waals surface area contributed by atoms with Crippen LogP contribution in [0.5, 0.6) is 5.75 Å². The maximum absolute atomic E-state index is 9.81. The van der Waals surface area contributed by atoms with Crippen molar-refractivity contribution in [1.82, 2.24) is 15.1 Å². The lowest BCUT2D eigenvalue weighted by atomic mass is 10.2. The number of aliphatic hydroxyl groups is 1. The fourth-order valence-electron chi connectivity index (χ4n) is 1.77. The van der Waals surface area contributed by atoms with E-state index in [0.717, 1.165) is 13.1 Å². The van der Waals surface area contributed by atoms with Crippen molar-refractivity contribution in [3.63, 3.8) is 0 Å². The molecule has 2 rings (SSSR count). The van der Waals surface area contributed by atoms with Gasteiger partial charge in [-0.3, -0.25) is 4.68 Å². The maximum Gasteiger partial charge on any atom is 0.119 e. The topological polar surface area (TPSA) is 83.1 Å². The zero-order valence-corrected chi connectivity index (χ0v) is 11.6. The van der Waals surface area contributed by atoms with Gasteiger partial charge < -0.3 is 15.2 Å². The van der Waals surface area contributed by atoms with Crippen molar-refractivity contribution in [2.45, 2.75) is 12.6 Å². The van der Waals surface area contributed by atoms with Crippen molar-refractivity contribution in [2.24, 2.45) is 0 Å². The van der Waals surface area contributed by atoms with Gasteiger partial charge in [-0.2, -0.15) is 10.4 Å². The van der Waals surface area contributed by atoms with Gasteiger partial charge in [0.05, 0.1) is 18.2 Å². The molecule has 0 fully saturated rings. The van der Waals surface area contributed by atoms with Gasteiger partial charge in [0.25, 0.3) is 0 Å². The van der Waals surface area contributed by atoms with Gasteiger partial charge in [-0.25, -0.2) is 0 Å². The SMILES string of the molecule is N#Cc1ccc(OC[C@H](O)CNCCn2cccn2)cc1. The van der Waals surface area contributed by atoms with Crippen molar-refractivity contribution in [3.05, 3.63) is 48.3 Å². The number of nitrogens with zero attached hydrogens (tertiary/aromatic N) is 3. The second-order valence-electron chi connectivity index (χ2n) is 4.57. The largest absolute Gasteiger partial charge is 0.491 e. The third-order valence-electron chi connectivity index (χ3n) is 2.88. The van der Waals surface area contributed by atoms with Crippen LogP contribution in [0.1, 0.15) is 5.56 Å². The Labute approximate surface area is 123 Å². The highest BCUT2D eigenvalue weighted by Gasteiger charge is 2.05. The third kappa shape index (κ3) is 5.26. The number of nitriles is 1. The van der Waals surface area contributed by atoms with E-state index in [1.54, 1.807) is 30.5 Å². The number of ether oxygens (including phenoxy) is 1. The molecule has 110 valence electrons. The minimum Gasteiger partial charge on any atom is -0.491 e. The van der Waals surface area contributed by atoms with E-state index in [2.05, 4.69) is 10.4 Å². The van der Waals surface area contributed by atoms with Crippen LogP contribution in [0.3, 0.4) is 0 Å². The van der Waals surface area contributed by atoms with Crippen LogP contribution < -0.4 is 10.1 Å². The molecule has 21 heavy (non-hydrogen) atoms. The summed E-state index contributed by atoms with van der Waals surface area (Å²) in [4.78, 5) is 0. The van der Waals surface area contributed by atoms with Crippen molar-refractivity contribution in [1.29, 1.82) is 5.26 Å². The van der Waals surface area contributed by atoms with E-state index in [1.807, 2.05) is 23.0 Å². The molecule has 0 aliphatic carbocycles. The van der Waals surface area contributed by atoms with Crippen LogP contribution in [-0.4, -0.2) is 40.7 Å². The summed E-state index contributed by atoms with van der Waals surface area (Å²) in [5.74, 6) is 0.643. The van der Waals surface area contributed by atoms with Gasteiger partial charge in [-0.1, -0.05) is 0 Å². The van der Waals surface area contributed by atoms with Crippen molar-refractivity contribution in [2.75, 3.05) is 19.7 Å². The summed E-state index contributed by atoms with van der Waals surface area (Å²) < 4.78 is 7.28. The van der Waals surface area contributed by atoms with Crippen LogP contribution in [0.2, 0.25) is 0 Å². The first-order valence-corrected chi connectivity index (χ1v) is 6.77. The van der Waals surface area contributed by atoms with Gasteiger partial charge in [0, 0.05) is 25.5 Å². The molecular formula is C15H18N4O2. The Bertz CT molecular complexity index is 560. The number of nitrogens with one attached hydrogen (secondary N) is 1. The van der Waals surface area contributed by atoms with Crippen LogP contribution in [0.4, 0.5) is 0 Å². The van der Waals surface area contributed by atoms with Crippen LogP contribution in [0, 0.1) is 11.3 Å². The van der Waals surface area contributed by atoms with Crippen LogP contribution >= 0.6 is 0 Å². The number of hydrogen-bond acceptors (Lipinski definition) is 5.